The van der Waals surface area contributed by atoms with Crippen LogP contribution in [0.4, 0.5) is 11.4 Å². The van der Waals surface area contributed by atoms with Crippen LogP contribution in [0.3, 0.4) is 0 Å². The molecule has 0 aliphatic heterocycles. The Bertz CT molecular complexity index is 350. The topological polar surface area (TPSA) is 32.3 Å². The minimum absolute atomic E-state index is 0.0887. The number of nitrogens with zero attached hydrogens (tertiary/aromatic N) is 1. The molecule has 1 atom stereocenters. The predicted octanol–water partition coefficient (Wildman–Crippen LogP) is 2.01. The van der Waals surface area contributed by atoms with Crippen LogP contribution in [0.25, 0.3) is 0 Å². The SMILES string of the molecule is CC(S)C(=O)Nc1cccc(N(C)C)c1. The van der Waals surface area contributed by atoms with Crippen LogP contribution in [0, 0.1) is 0 Å². The van der Waals surface area contributed by atoms with E-state index in [0.29, 0.717) is 0 Å². The van der Waals surface area contributed by atoms with Crippen LogP contribution in [-0.4, -0.2) is 25.3 Å². The Morgan fingerprint density at radius 3 is 2.67 bits per heavy atom. The normalized spacial score (nSPS) is 12.0. The second-order valence-corrected chi connectivity index (χ2v) is 4.38. The van der Waals surface area contributed by atoms with Gasteiger partial charge in [0.2, 0.25) is 5.91 Å². The number of rotatable bonds is 3. The summed E-state index contributed by atoms with van der Waals surface area (Å²) < 4.78 is 0. The molecule has 0 fully saturated rings. The van der Waals surface area contributed by atoms with Crippen LogP contribution in [0.5, 0.6) is 0 Å². The summed E-state index contributed by atoms with van der Waals surface area (Å²) in [6.07, 6.45) is 0. The molecule has 0 aliphatic rings. The highest BCUT2D eigenvalue weighted by Crippen LogP contribution is 2.17. The summed E-state index contributed by atoms with van der Waals surface area (Å²) in [5.74, 6) is -0.0887. The molecule has 1 amide bonds. The first-order valence-electron chi connectivity index (χ1n) is 4.77. The van der Waals surface area contributed by atoms with Crippen molar-refractivity contribution in [3.05, 3.63) is 24.3 Å². The van der Waals surface area contributed by atoms with Gasteiger partial charge >= 0.3 is 0 Å². The van der Waals surface area contributed by atoms with Crippen LogP contribution < -0.4 is 10.2 Å². The van der Waals surface area contributed by atoms with Gasteiger partial charge in [-0.25, -0.2) is 0 Å². The van der Waals surface area contributed by atoms with E-state index in [0.717, 1.165) is 11.4 Å². The molecule has 1 unspecified atom stereocenters. The second kappa shape index (κ2) is 5.07. The van der Waals surface area contributed by atoms with Gasteiger partial charge in [-0.2, -0.15) is 12.6 Å². The summed E-state index contributed by atoms with van der Waals surface area (Å²) in [7, 11) is 3.92. The Kier molecular flexibility index (Phi) is 4.03. The molecule has 0 saturated carbocycles. The first kappa shape index (κ1) is 11.9. The van der Waals surface area contributed by atoms with E-state index < -0.39 is 0 Å². The number of thiol groups is 1. The minimum atomic E-state index is -0.298. The van der Waals surface area contributed by atoms with Crippen LogP contribution in [0.2, 0.25) is 0 Å². The maximum absolute atomic E-state index is 11.4. The molecule has 0 aromatic heterocycles. The minimum Gasteiger partial charge on any atom is -0.378 e. The highest BCUT2D eigenvalue weighted by atomic mass is 32.1. The molecule has 1 aromatic carbocycles. The van der Waals surface area contributed by atoms with Gasteiger partial charge in [0.15, 0.2) is 0 Å². The van der Waals surface area contributed by atoms with Crippen molar-refractivity contribution in [3.8, 4) is 0 Å². The van der Waals surface area contributed by atoms with Gasteiger partial charge in [0.25, 0.3) is 0 Å². The van der Waals surface area contributed by atoms with Crippen LogP contribution in [0.15, 0.2) is 24.3 Å². The highest BCUT2D eigenvalue weighted by Gasteiger charge is 2.07. The Labute approximate surface area is 95.9 Å². The molecular formula is C11H16N2OS. The van der Waals surface area contributed by atoms with Gasteiger partial charge in [0.05, 0.1) is 5.25 Å². The molecular weight excluding hydrogens is 208 g/mol. The number of hydrogen-bond acceptors (Lipinski definition) is 3. The van der Waals surface area contributed by atoms with Crippen molar-refractivity contribution >= 4 is 29.9 Å². The number of benzene rings is 1. The first-order chi connectivity index (χ1) is 7.00. The summed E-state index contributed by atoms with van der Waals surface area (Å²) in [5, 5.41) is 2.50. The van der Waals surface area contributed by atoms with Gasteiger partial charge in [-0.15, -0.1) is 0 Å². The molecule has 0 radical (unpaired) electrons. The molecule has 0 heterocycles. The van der Waals surface area contributed by atoms with E-state index in [1.165, 1.54) is 0 Å². The van der Waals surface area contributed by atoms with Crippen molar-refractivity contribution < 1.29 is 4.79 Å². The monoisotopic (exact) mass is 224 g/mol. The predicted molar refractivity (Wildman–Crippen MR) is 67.8 cm³/mol. The van der Waals surface area contributed by atoms with Crippen molar-refractivity contribution in [1.82, 2.24) is 0 Å². The van der Waals surface area contributed by atoms with Crippen LogP contribution >= 0.6 is 12.6 Å². The number of carbonyl (C=O) groups is 1. The molecule has 4 heteroatoms. The fourth-order valence-corrected chi connectivity index (χ4v) is 1.17. The van der Waals surface area contributed by atoms with Crippen molar-refractivity contribution in [2.75, 3.05) is 24.3 Å². The lowest BCUT2D eigenvalue weighted by atomic mass is 10.2. The molecule has 0 saturated heterocycles. The highest BCUT2D eigenvalue weighted by molar-refractivity contribution is 7.81. The third kappa shape index (κ3) is 3.47. The van der Waals surface area contributed by atoms with Crippen LogP contribution in [0.1, 0.15) is 6.92 Å². The third-order valence-corrected chi connectivity index (χ3v) is 2.24. The van der Waals surface area contributed by atoms with E-state index >= 15 is 0 Å². The summed E-state index contributed by atoms with van der Waals surface area (Å²) in [6, 6.07) is 7.68. The number of carbonyl (C=O) groups excluding carboxylic acids is 1. The summed E-state index contributed by atoms with van der Waals surface area (Å²) in [4.78, 5) is 13.4. The standard InChI is InChI=1S/C11H16N2OS/c1-8(15)11(14)12-9-5-4-6-10(7-9)13(2)3/h4-8,15H,1-3H3,(H,12,14). The van der Waals surface area contributed by atoms with Crippen molar-refractivity contribution in [2.45, 2.75) is 12.2 Å². The zero-order valence-electron chi connectivity index (χ0n) is 9.19. The molecule has 15 heavy (non-hydrogen) atoms. The van der Waals surface area contributed by atoms with Gasteiger partial charge in [-0.1, -0.05) is 6.07 Å². The fourth-order valence-electron chi connectivity index (χ4n) is 1.11. The molecule has 82 valence electrons. The Morgan fingerprint density at radius 1 is 1.47 bits per heavy atom. The molecule has 0 aliphatic carbocycles. The molecule has 0 bridgehead atoms. The number of anilines is 2. The van der Waals surface area contributed by atoms with E-state index in [-0.39, 0.29) is 11.2 Å². The Balaban J connectivity index is 2.78. The van der Waals surface area contributed by atoms with E-state index in [4.69, 9.17) is 0 Å². The average molecular weight is 224 g/mol. The Hall–Kier alpha value is -1.16. The smallest absolute Gasteiger partial charge is 0.236 e. The maximum atomic E-state index is 11.4. The van der Waals surface area contributed by atoms with Gasteiger partial charge in [0, 0.05) is 25.5 Å². The van der Waals surface area contributed by atoms with Gasteiger partial charge < -0.3 is 10.2 Å². The summed E-state index contributed by atoms with van der Waals surface area (Å²) in [6.45, 7) is 1.74. The first-order valence-corrected chi connectivity index (χ1v) is 5.28. The summed E-state index contributed by atoms with van der Waals surface area (Å²) in [5.41, 5.74) is 1.85. The van der Waals surface area contributed by atoms with E-state index in [2.05, 4.69) is 17.9 Å². The largest absolute Gasteiger partial charge is 0.378 e. The average Bonchev–Trinajstić information content (AvgIpc) is 2.18. The number of nitrogens with one attached hydrogen (secondary N) is 1. The fraction of sp³-hybridized carbons (Fsp3) is 0.364. The molecule has 0 spiro atoms. The summed E-state index contributed by atoms with van der Waals surface area (Å²) >= 11 is 4.07. The number of hydrogen-bond donors (Lipinski definition) is 2. The maximum Gasteiger partial charge on any atom is 0.236 e. The van der Waals surface area contributed by atoms with E-state index in [1.807, 2.05) is 43.3 Å². The quantitative estimate of drug-likeness (QED) is 0.770. The van der Waals surface area contributed by atoms with Crippen molar-refractivity contribution in [3.63, 3.8) is 0 Å². The zero-order valence-corrected chi connectivity index (χ0v) is 10.1. The molecule has 1 N–H and O–H groups in total. The van der Waals surface area contributed by atoms with E-state index in [1.54, 1.807) is 6.92 Å². The van der Waals surface area contributed by atoms with Crippen molar-refractivity contribution in [2.24, 2.45) is 0 Å². The lowest BCUT2D eigenvalue weighted by molar-refractivity contribution is -0.115. The lowest BCUT2D eigenvalue weighted by Crippen LogP contribution is -2.20. The molecule has 3 nitrogen and oxygen atoms in total. The number of amides is 1. The molecule has 1 rings (SSSR count). The van der Waals surface area contributed by atoms with Gasteiger partial charge in [-0.05, 0) is 25.1 Å². The van der Waals surface area contributed by atoms with E-state index in [9.17, 15) is 4.79 Å². The zero-order chi connectivity index (χ0) is 11.4. The molecule has 1 aromatic rings. The van der Waals surface area contributed by atoms with Crippen molar-refractivity contribution in [1.29, 1.82) is 0 Å². The second-order valence-electron chi connectivity index (χ2n) is 3.61. The van der Waals surface area contributed by atoms with Gasteiger partial charge in [0.1, 0.15) is 0 Å². The lowest BCUT2D eigenvalue weighted by Gasteiger charge is -2.14. The van der Waals surface area contributed by atoms with Crippen LogP contribution in [-0.2, 0) is 4.79 Å². The van der Waals surface area contributed by atoms with Gasteiger partial charge in [-0.3, -0.25) is 4.79 Å². The third-order valence-electron chi connectivity index (χ3n) is 2.01. The Morgan fingerprint density at radius 2 is 2.13 bits per heavy atom.